The minimum atomic E-state index is -0.262. The number of hydrogen-bond donors (Lipinski definition) is 3. The second kappa shape index (κ2) is 9.48. The number of benzene rings is 2. The van der Waals surface area contributed by atoms with E-state index in [1.807, 2.05) is 30.3 Å². The van der Waals surface area contributed by atoms with Crippen molar-refractivity contribution in [2.24, 2.45) is 0 Å². The van der Waals surface area contributed by atoms with E-state index in [4.69, 9.17) is 9.15 Å². The molecule has 3 heterocycles. The molecular formula is C25H26N4O4. The first-order valence-corrected chi connectivity index (χ1v) is 11.1. The quantitative estimate of drug-likeness (QED) is 0.516. The maximum Gasteiger partial charge on any atom is 0.255 e. The molecule has 2 aliphatic heterocycles. The summed E-state index contributed by atoms with van der Waals surface area (Å²) in [4.78, 5) is 27.7. The summed E-state index contributed by atoms with van der Waals surface area (Å²) in [6.45, 7) is 5.69. The van der Waals surface area contributed by atoms with Crippen LogP contribution < -0.4 is 16.0 Å². The lowest BCUT2D eigenvalue weighted by atomic mass is 9.99. The summed E-state index contributed by atoms with van der Waals surface area (Å²) in [5.41, 5.74) is 4.14. The second-order valence-electron chi connectivity index (χ2n) is 8.09. The van der Waals surface area contributed by atoms with E-state index in [-0.39, 0.29) is 11.8 Å². The fourth-order valence-electron chi connectivity index (χ4n) is 4.23. The van der Waals surface area contributed by atoms with Crippen LogP contribution in [0, 0.1) is 0 Å². The van der Waals surface area contributed by atoms with Crippen molar-refractivity contribution >= 4 is 23.2 Å². The molecule has 0 bridgehead atoms. The van der Waals surface area contributed by atoms with Crippen LogP contribution in [0.4, 0.5) is 11.4 Å². The smallest absolute Gasteiger partial charge is 0.255 e. The largest absolute Gasteiger partial charge is 0.464 e. The first-order chi connectivity index (χ1) is 16.2. The van der Waals surface area contributed by atoms with E-state index in [0.717, 1.165) is 56.2 Å². The number of ether oxygens (including phenoxy) is 1. The molecule has 0 aliphatic carbocycles. The van der Waals surface area contributed by atoms with Gasteiger partial charge in [0, 0.05) is 49.5 Å². The molecule has 170 valence electrons. The number of rotatable bonds is 7. The number of fused-ring (bicyclic) bond motifs is 1. The molecule has 0 saturated carbocycles. The van der Waals surface area contributed by atoms with Crippen molar-refractivity contribution in [1.29, 1.82) is 0 Å². The molecule has 3 aromatic rings. The summed E-state index contributed by atoms with van der Waals surface area (Å²) in [5.74, 6) is 0.230. The molecule has 0 spiro atoms. The summed E-state index contributed by atoms with van der Waals surface area (Å²) >= 11 is 0. The molecule has 1 aromatic heterocycles. The fraction of sp³-hybridized carbons (Fsp3) is 0.280. The maximum atomic E-state index is 12.9. The van der Waals surface area contributed by atoms with Crippen molar-refractivity contribution in [3.05, 3.63) is 71.5 Å². The van der Waals surface area contributed by atoms with Crippen LogP contribution in [-0.4, -0.2) is 56.1 Å². The molecule has 0 radical (unpaired) electrons. The molecule has 33 heavy (non-hydrogen) atoms. The van der Waals surface area contributed by atoms with Gasteiger partial charge in [-0.05, 0) is 54.1 Å². The van der Waals surface area contributed by atoms with Crippen LogP contribution >= 0.6 is 0 Å². The topological polar surface area (TPSA) is 95.8 Å². The summed E-state index contributed by atoms with van der Waals surface area (Å²) in [7, 11) is 0. The zero-order valence-corrected chi connectivity index (χ0v) is 18.2. The van der Waals surface area contributed by atoms with Gasteiger partial charge in [-0.3, -0.25) is 14.5 Å². The standard InChI is InChI=1S/C25H26N4O4/c30-24(17-3-5-18(6-4-17)26-9-10-29-11-14-32-15-12-29)28-21-8-7-19(22-2-1-13-33-22)20-16-27-25(31)23(20)21/h1-8,13,26H,9-12,14-16H2,(H,27,31)(H,28,30). The number of anilines is 2. The fourth-order valence-corrected chi connectivity index (χ4v) is 4.23. The van der Waals surface area contributed by atoms with Gasteiger partial charge in [0.15, 0.2) is 0 Å². The zero-order chi connectivity index (χ0) is 22.6. The number of hydrogen-bond acceptors (Lipinski definition) is 6. The van der Waals surface area contributed by atoms with Crippen LogP contribution in [0.2, 0.25) is 0 Å². The van der Waals surface area contributed by atoms with Crippen molar-refractivity contribution in [3.8, 4) is 11.3 Å². The second-order valence-corrected chi connectivity index (χ2v) is 8.09. The zero-order valence-electron chi connectivity index (χ0n) is 18.2. The van der Waals surface area contributed by atoms with E-state index < -0.39 is 0 Å². The predicted octanol–water partition coefficient (Wildman–Crippen LogP) is 3.19. The van der Waals surface area contributed by atoms with Crippen LogP contribution in [0.1, 0.15) is 26.3 Å². The van der Waals surface area contributed by atoms with Gasteiger partial charge in [-0.15, -0.1) is 0 Å². The Balaban J connectivity index is 1.24. The SMILES string of the molecule is O=C(Nc1ccc(-c2ccco2)c2c1C(=O)NC2)c1ccc(NCCN2CCOCC2)cc1. The van der Waals surface area contributed by atoms with E-state index in [0.29, 0.717) is 29.1 Å². The maximum absolute atomic E-state index is 12.9. The first kappa shape index (κ1) is 21.2. The van der Waals surface area contributed by atoms with Gasteiger partial charge in [0.2, 0.25) is 0 Å². The molecule has 3 N–H and O–H groups in total. The average molecular weight is 447 g/mol. The van der Waals surface area contributed by atoms with Gasteiger partial charge in [-0.2, -0.15) is 0 Å². The summed E-state index contributed by atoms with van der Waals surface area (Å²) in [5, 5.41) is 9.13. The Labute approximate surface area is 191 Å². The molecule has 2 amide bonds. The highest BCUT2D eigenvalue weighted by molar-refractivity contribution is 6.11. The summed E-state index contributed by atoms with van der Waals surface area (Å²) in [6, 6.07) is 14.6. The minimum absolute atomic E-state index is 0.200. The van der Waals surface area contributed by atoms with Crippen LogP contribution in [0.15, 0.2) is 59.2 Å². The van der Waals surface area contributed by atoms with Gasteiger partial charge in [0.25, 0.3) is 11.8 Å². The number of amides is 2. The lowest BCUT2D eigenvalue weighted by molar-refractivity contribution is 0.0398. The van der Waals surface area contributed by atoms with Crippen molar-refractivity contribution in [2.75, 3.05) is 50.0 Å². The van der Waals surface area contributed by atoms with Gasteiger partial charge in [-0.1, -0.05) is 0 Å². The third-order valence-corrected chi connectivity index (χ3v) is 6.01. The molecule has 0 atom stereocenters. The Morgan fingerprint density at radius 1 is 1.06 bits per heavy atom. The Hall–Kier alpha value is -3.62. The Morgan fingerprint density at radius 2 is 1.88 bits per heavy atom. The third-order valence-electron chi connectivity index (χ3n) is 6.01. The number of nitrogens with zero attached hydrogens (tertiary/aromatic N) is 1. The normalized spacial score (nSPS) is 15.7. The number of carbonyl (C=O) groups excluding carboxylic acids is 2. The van der Waals surface area contributed by atoms with Crippen LogP contribution in [0.3, 0.4) is 0 Å². The van der Waals surface area contributed by atoms with Crippen LogP contribution in [0.5, 0.6) is 0 Å². The minimum Gasteiger partial charge on any atom is -0.464 e. The lowest BCUT2D eigenvalue weighted by Crippen LogP contribution is -2.39. The van der Waals surface area contributed by atoms with E-state index in [2.05, 4.69) is 20.9 Å². The number of furan rings is 1. The highest BCUT2D eigenvalue weighted by atomic mass is 16.5. The monoisotopic (exact) mass is 446 g/mol. The highest BCUT2D eigenvalue weighted by Crippen LogP contribution is 2.34. The van der Waals surface area contributed by atoms with Crippen LogP contribution in [0.25, 0.3) is 11.3 Å². The molecule has 8 nitrogen and oxygen atoms in total. The number of morpholine rings is 1. The summed E-state index contributed by atoms with van der Waals surface area (Å²) in [6.07, 6.45) is 1.60. The highest BCUT2D eigenvalue weighted by Gasteiger charge is 2.27. The molecule has 0 unspecified atom stereocenters. The van der Waals surface area contributed by atoms with E-state index in [9.17, 15) is 9.59 Å². The van der Waals surface area contributed by atoms with Gasteiger partial charge < -0.3 is 25.1 Å². The van der Waals surface area contributed by atoms with Gasteiger partial charge in [0.1, 0.15) is 5.76 Å². The van der Waals surface area contributed by atoms with E-state index in [1.165, 1.54) is 0 Å². The van der Waals surface area contributed by atoms with Crippen molar-refractivity contribution < 1.29 is 18.7 Å². The number of carbonyl (C=O) groups is 2. The van der Waals surface area contributed by atoms with Crippen molar-refractivity contribution in [2.45, 2.75) is 6.54 Å². The molecule has 1 saturated heterocycles. The van der Waals surface area contributed by atoms with E-state index in [1.54, 1.807) is 24.5 Å². The van der Waals surface area contributed by atoms with E-state index >= 15 is 0 Å². The Bertz CT molecular complexity index is 1140. The van der Waals surface area contributed by atoms with Gasteiger partial charge in [0.05, 0.1) is 30.7 Å². The molecule has 1 fully saturated rings. The molecular weight excluding hydrogens is 420 g/mol. The number of nitrogens with one attached hydrogen (secondary N) is 3. The van der Waals surface area contributed by atoms with Gasteiger partial charge in [-0.25, -0.2) is 0 Å². The molecule has 8 heteroatoms. The van der Waals surface area contributed by atoms with Crippen molar-refractivity contribution in [1.82, 2.24) is 10.2 Å². The Kier molecular flexibility index (Phi) is 6.10. The lowest BCUT2D eigenvalue weighted by Gasteiger charge is -2.26. The third kappa shape index (κ3) is 4.62. The molecule has 5 rings (SSSR count). The van der Waals surface area contributed by atoms with Crippen molar-refractivity contribution in [3.63, 3.8) is 0 Å². The average Bonchev–Trinajstić information content (AvgIpc) is 3.51. The Morgan fingerprint density at radius 3 is 2.64 bits per heavy atom. The summed E-state index contributed by atoms with van der Waals surface area (Å²) < 4.78 is 10.9. The first-order valence-electron chi connectivity index (χ1n) is 11.1. The predicted molar refractivity (Wildman–Crippen MR) is 125 cm³/mol. The van der Waals surface area contributed by atoms with Crippen LogP contribution in [-0.2, 0) is 11.3 Å². The van der Waals surface area contributed by atoms with Gasteiger partial charge >= 0.3 is 0 Å². The molecule has 2 aliphatic rings. The molecule has 2 aromatic carbocycles.